The van der Waals surface area contributed by atoms with Crippen LogP contribution >= 0.6 is 11.8 Å². The first-order valence-electron chi connectivity index (χ1n) is 6.36. The predicted octanol–water partition coefficient (Wildman–Crippen LogP) is 3.37. The van der Waals surface area contributed by atoms with E-state index in [0.29, 0.717) is 17.0 Å². The summed E-state index contributed by atoms with van der Waals surface area (Å²) in [4.78, 5) is 12.6. The third-order valence-corrected chi connectivity index (χ3v) is 4.11. The Morgan fingerprint density at radius 3 is 2.81 bits per heavy atom. The van der Waals surface area contributed by atoms with Gasteiger partial charge in [-0.1, -0.05) is 6.07 Å². The third-order valence-electron chi connectivity index (χ3n) is 3.07. The van der Waals surface area contributed by atoms with E-state index in [1.807, 2.05) is 24.3 Å². The van der Waals surface area contributed by atoms with Crippen LogP contribution in [0.3, 0.4) is 0 Å². The standard InChI is InChI=1S/C16H13NO3S/c17-11-2-1-3-13(7-11)21-9-10-6-16(19)20-15-8-12(18)4-5-14(10)15/h1-8,18H,9,17H2. The minimum Gasteiger partial charge on any atom is -0.508 e. The van der Waals surface area contributed by atoms with Crippen molar-refractivity contribution in [2.45, 2.75) is 10.6 Å². The molecule has 3 aromatic rings. The van der Waals surface area contributed by atoms with E-state index in [-0.39, 0.29) is 5.75 Å². The van der Waals surface area contributed by atoms with Gasteiger partial charge in [-0.2, -0.15) is 0 Å². The van der Waals surface area contributed by atoms with Crippen molar-refractivity contribution in [2.75, 3.05) is 5.73 Å². The van der Waals surface area contributed by atoms with Crippen LogP contribution in [0.2, 0.25) is 0 Å². The second kappa shape index (κ2) is 5.54. The highest BCUT2D eigenvalue weighted by atomic mass is 32.2. The quantitative estimate of drug-likeness (QED) is 0.440. The van der Waals surface area contributed by atoms with Crippen molar-refractivity contribution in [3.63, 3.8) is 0 Å². The first kappa shape index (κ1) is 13.6. The Bertz CT molecular complexity index is 858. The Morgan fingerprint density at radius 2 is 2.00 bits per heavy atom. The Labute approximate surface area is 125 Å². The molecule has 0 aliphatic rings. The van der Waals surface area contributed by atoms with Gasteiger partial charge in [-0.05, 0) is 35.9 Å². The molecule has 1 heterocycles. The highest BCUT2D eigenvalue weighted by Gasteiger charge is 2.07. The minimum atomic E-state index is -0.420. The topological polar surface area (TPSA) is 76.5 Å². The van der Waals surface area contributed by atoms with Gasteiger partial charge in [0.25, 0.3) is 0 Å². The number of fused-ring (bicyclic) bond motifs is 1. The molecule has 1 aromatic heterocycles. The summed E-state index contributed by atoms with van der Waals surface area (Å²) in [6, 6.07) is 13.9. The third kappa shape index (κ3) is 3.03. The lowest BCUT2D eigenvalue weighted by Gasteiger charge is -2.06. The summed E-state index contributed by atoms with van der Waals surface area (Å²) >= 11 is 1.59. The Morgan fingerprint density at radius 1 is 1.14 bits per heavy atom. The lowest BCUT2D eigenvalue weighted by Crippen LogP contribution is -1.99. The molecule has 21 heavy (non-hydrogen) atoms. The molecule has 3 N–H and O–H groups in total. The highest BCUT2D eigenvalue weighted by Crippen LogP contribution is 2.28. The number of rotatable bonds is 3. The van der Waals surface area contributed by atoms with Crippen LogP contribution in [0.5, 0.6) is 5.75 Å². The summed E-state index contributed by atoms with van der Waals surface area (Å²) in [6.45, 7) is 0. The van der Waals surface area contributed by atoms with Crippen LogP contribution in [0.25, 0.3) is 11.0 Å². The van der Waals surface area contributed by atoms with Crippen molar-refractivity contribution >= 4 is 28.4 Å². The van der Waals surface area contributed by atoms with E-state index >= 15 is 0 Å². The number of phenolic OH excluding ortho intramolecular Hbond substituents is 1. The predicted molar refractivity (Wildman–Crippen MR) is 84.6 cm³/mol. The Balaban J connectivity index is 1.95. The smallest absolute Gasteiger partial charge is 0.336 e. The van der Waals surface area contributed by atoms with Crippen LogP contribution in [0, 0.1) is 0 Å². The normalized spacial score (nSPS) is 10.9. The molecular weight excluding hydrogens is 286 g/mol. The molecule has 0 fully saturated rings. The summed E-state index contributed by atoms with van der Waals surface area (Å²) in [5.74, 6) is 0.697. The molecular formula is C16H13NO3S. The molecule has 0 spiro atoms. The summed E-state index contributed by atoms with van der Waals surface area (Å²) in [5.41, 5.74) is 7.31. The summed E-state index contributed by atoms with van der Waals surface area (Å²) in [7, 11) is 0. The second-order valence-corrected chi connectivity index (χ2v) is 5.68. The molecule has 0 radical (unpaired) electrons. The molecule has 106 valence electrons. The number of phenols is 1. The van der Waals surface area contributed by atoms with Crippen molar-refractivity contribution in [3.8, 4) is 5.75 Å². The van der Waals surface area contributed by atoms with Gasteiger partial charge in [0.1, 0.15) is 11.3 Å². The fourth-order valence-corrected chi connectivity index (χ4v) is 3.06. The van der Waals surface area contributed by atoms with Crippen LogP contribution in [0.15, 0.2) is 62.6 Å². The number of hydrogen-bond acceptors (Lipinski definition) is 5. The fourth-order valence-electron chi connectivity index (χ4n) is 2.10. The molecule has 2 aromatic carbocycles. The van der Waals surface area contributed by atoms with Gasteiger partial charge < -0.3 is 15.3 Å². The average molecular weight is 299 g/mol. The average Bonchev–Trinajstić information content (AvgIpc) is 2.44. The van der Waals surface area contributed by atoms with Gasteiger partial charge >= 0.3 is 5.63 Å². The van der Waals surface area contributed by atoms with E-state index in [1.54, 1.807) is 23.9 Å². The first-order valence-corrected chi connectivity index (χ1v) is 7.34. The molecule has 0 aliphatic heterocycles. The zero-order valence-corrected chi connectivity index (χ0v) is 11.9. The summed E-state index contributed by atoms with van der Waals surface area (Å²) in [5, 5.41) is 10.3. The minimum absolute atomic E-state index is 0.0753. The second-order valence-electron chi connectivity index (χ2n) is 4.63. The number of nitrogen functional groups attached to an aromatic ring is 1. The molecule has 0 unspecified atom stereocenters. The maximum Gasteiger partial charge on any atom is 0.336 e. The Hall–Kier alpha value is -2.40. The van der Waals surface area contributed by atoms with Gasteiger partial charge in [-0.25, -0.2) is 4.79 Å². The molecule has 0 aliphatic carbocycles. The zero-order chi connectivity index (χ0) is 14.8. The molecule has 5 heteroatoms. The lowest BCUT2D eigenvalue weighted by molar-refractivity contribution is 0.473. The Kier molecular flexibility index (Phi) is 3.58. The monoisotopic (exact) mass is 299 g/mol. The van der Waals surface area contributed by atoms with Gasteiger partial charge in [0.05, 0.1) is 0 Å². The first-order chi connectivity index (χ1) is 10.1. The van der Waals surface area contributed by atoms with E-state index in [1.165, 1.54) is 12.1 Å². The summed E-state index contributed by atoms with van der Waals surface area (Å²) < 4.78 is 5.11. The molecule has 3 rings (SSSR count). The number of benzene rings is 2. The molecule has 0 atom stereocenters. The number of thioether (sulfide) groups is 1. The number of anilines is 1. The summed E-state index contributed by atoms with van der Waals surface area (Å²) in [6.07, 6.45) is 0. The van der Waals surface area contributed by atoms with E-state index in [2.05, 4.69) is 0 Å². The molecule has 0 saturated heterocycles. The van der Waals surface area contributed by atoms with Crippen LogP contribution in [0.1, 0.15) is 5.56 Å². The van der Waals surface area contributed by atoms with Gasteiger partial charge in [0.15, 0.2) is 0 Å². The zero-order valence-electron chi connectivity index (χ0n) is 11.1. The molecule has 0 saturated carbocycles. The number of hydrogen-bond donors (Lipinski definition) is 2. The highest BCUT2D eigenvalue weighted by molar-refractivity contribution is 7.98. The van der Waals surface area contributed by atoms with Crippen LogP contribution in [-0.4, -0.2) is 5.11 Å². The van der Waals surface area contributed by atoms with Crippen LogP contribution < -0.4 is 11.4 Å². The maximum absolute atomic E-state index is 11.6. The molecule has 0 amide bonds. The van der Waals surface area contributed by atoms with Gasteiger partial charge in [0.2, 0.25) is 0 Å². The van der Waals surface area contributed by atoms with E-state index in [0.717, 1.165) is 15.8 Å². The van der Waals surface area contributed by atoms with E-state index in [4.69, 9.17) is 10.2 Å². The van der Waals surface area contributed by atoms with Gasteiger partial charge in [-0.3, -0.25) is 0 Å². The van der Waals surface area contributed by atoms with Gasteiger partial charge in [0, 0.05) is 33.9 Å². The lowest BCUT2D eigenvalue weighted by atomic mass is 10.1. The fraction of sp³-hybridized carbons (Fsp3) is 0.0625. The van der Waals surface area contributed by atoms with Crippen molar-refractivity contribution in [1.82, 2.24) is 0 Å². The van der Waals surface area contributed by atoms with E-state index < -0.39 is 5.63 Å². The number of aromatic hydroxyl groups is 1. The van der Waals surface area contributed by atoms with Crippen LogP contribution in [0.4, 0.5) is 5.69 Å². The largest absolute Gasteiger partial charge is 0.508 e. The van der Waals surface area contributed by atoms with E-state index in [9.17, 15) is 9.90 Å². The van der Waals surface area contributed by atoms with Crippen molar-refractivity contribution in [3.05, 3.63) is 64.5 Å². The molecule has 4 nitrogen and oxygen atoms in total. The maximum atomic E-state index is 11.6. The van der Waals surface area contributed by atoms with Gasteiger partial charge in [-0.15, -0.1) is 11.8 Å². The number of nitrogens with two attached hydrogens (primary N) is 1. The van der Waals surface area contributed by atoms with Crippen LogP contribution in [-0.2, 0) is 5.75 Å². The van der Waals surface area contributed by atoms with Crippen molar-refractivity contribution in [2.24, 2.45) is 0 Å². The SMILES string of the molecule is Nc1cccc(SCc2cc(=O)oc3cc(O)ccc23)c1. The van der Waals surface area contributed by atoms with Crippen molar-refractivity contribution in [1.29, 1.82) is 0 Å². The van der Waals surface area contributed by atoms with Crippen molar-refractivity contribution < 1.29 is 9.52 Å². The molecule has 0 bridgehead atoms.